The van der Waals surface area contributed by atoms with Gasteiger partial charge in [0.15, 0.2) is 0 Å². The monoisotopic (exact) mass is 409 g/mol. The summed E-state index contributed by atoms with van der Waals surface area (Å²) < 4.78 is 4.99. The Labute approximate surface area is 176 Å². The fraction of sp³-hybridized carbons (Fsp3) is 0.348. The number of methoxy groups -OCH3 is 1. The van der Waals surface area contributed by atoms with Crippen LogP contribution in [0.15, 0.2) is 42.5 Å². The molecule has 0 saturated heterocycles. The van der Waals surface area contributed by atoms with Gasteiger partial charge in [0.2, 0.25) is 0 Å². The Morgan fingerprint density at radius 1 is 1.00 bits per heavy atom. The molecule has 0 fully saturated rings. The van der Waals surface area contributed by atoms with Crippen molar-refractivity contribution in [3.8, 4) is 0 Å². The molecule has 4 amide bonds. The third-order valence-corrected chi connectivity index (χ3v) is 4.94. The van der Waals surface area contributed by atoms with Crippen molar-refractivity contribution in [3.05, 3.63) is 59.2 Å². The first-order valence-corrected chi connectivity index (χ1v) is 9.89. The van der Waals surface area contributed by atoms with Gasteiger partial charge in [-0.1, -0.05) is 39.0 Å². The molecule has 2 aromatic carbocycles. The average Bonchev–Trinajstić information content (AvgIpc) is 2.92. The molecule has 0 saturated carbocycles. The number of fused-ring (bicyclic) bond motifs is 1. The first-order chi connectivity index (χ1) is 14.2. The lowest BCUT2D eigenvalue weighted by atomic mass is 9.86. The molecule has 3 rings (SSSR count). The van der Waals surface area contributed by atoms with Crippen molar-refractivity contribution in [2.75, 3.05) is 30.9 Å². The highest BCUT2D eigenvalue weighted by atomic mass is 16.5. The van der Waals surface area contributed by atoms with Crippen molar-refractivity contribution >= 4 is 29.2 Å². The van der Waals surface area contributed by atoms with E-state index in [-0.39, 0.29) is 17.2 Å². The summed E-state index contributed by atoms with van der Waals surface area (Å²) in [6.45, 7) is 7.00. The van der Waals surface area contributed by atoms with Gasteiger partial charge in [0.05, 0.1) is 11.1 Å². The SMILES string of the molecule is COCCCN1C(=O)c2ccc(NC(=O)Nc3ccccc3C(C)(C)C)cc2C1=O. The minimum atomic E-state index is -0.416. The second kappa shape index (κ2) is 8.67. The van der Waals surface area contributed by atoms with Crippen LogP contribution in [0.1, 0.15) is 53.5 Å². The second-order valence-corrected chi connectivity index (χ2v) is 8.24. The molecule has 1 heterocycles. The summed E-state index contributed by atoms with van der Waals surface area (Å²) in [6, 6.07) is 12.0. The quantitative estimate of drug-likeness (QED) is 0.551. The van der Waals surface area contributed by atoms with Gasteiger partial charge in [-0.3, -0.25) is 14.5 Å². The van der Waals surface area contributed by atoms with Crippen LogP contribution in [-0.2, 0) is 10.2 Å². The molecule has 1 aliphatic heterocycles. The van der Waals surface area contributed by atoms with Gasteiger partial charge in [0.1, 0.15) is 0 Å². The number of nitrogens with zero attached hydrogens (tertiary/aromatic N) is 1. The molecule has 0 spiro atoms. The zero-order valence-electron chi connectivity index (χ0n) is 17.7. The number of hydrogen-bond donors (Lipinski definition) is 2. The van der Waals surface area contributed by atoms with Gasteiger partial charge in [-0.05, 0) is 41.7 Å². The van der Waals surface area contributed by atoms with Crippen molar-refractivity contribution in [1.29, 1.82) is 0 Å². The van der Waals surface area contributed by atoms with Crippen LogP contribution in [0.4, 0.5) is 16.2 Å². The predicted molar refractivity (Wildman–Crippen MR) is 116 cm³/mol. The molecule has 30 heavy (non-hydrogen) atoms. The van der Waals surface area contributed by atoms with Crippen molar-refractivity contribution < 1.29 is 19.1 Å². The maximum absolute atomic E-state index is 12.6. The van der Waals surface area contributed by atoms with E-state index in [0.717, 1.165) is 11.3 Å². The third kappa shape index (κ3) is 4.52. The van der Waals surface area contributed by atoms with Crippen molar-refractivity contribution in [1.82, 2.24) is 4.90 Å². The molecule has 158 valence electrons. The number of imide groups is 1. The summed E-state index contributed by atoms with van der Waals surface area (Å²) in [5, 5.41) is 5.62. The molecule has 7 heteroatoms. The molecule has 0 unspecified atom stereocenters. The standard InChI is InChI=1S/C23H27N3O4/c1-23(2,3)18-8-5-6-9-19(18)25-22(29)24-15-10-11-16-17(14-15)21(28)26(20(16)27)12-7-13-30-4/h5-6,8-11,14H,7,12-13H2,1-4H3,(H2,24,25,29). The number of carbonyl (C=O) groups excluding carboxylic acids is 3. The van der Waals surface area contributed by atoms with Crippen molar-refractivity contribution in [2.24, 2.45) is 0 Å². The lowest BCUT2D eigenvalue weighted by molar-refractivity contribution is 0.0638. The molecule has 2 N–H and O–H groups in total. The molecule has 7 nitrogen and oxygen atoms in total. The van der Waals surface area contributed by atoms with Gasteiger partial charge in [-0.25, -0.2) is 4.79 Å². The highest BCUT2D eigenvalue weighted by Gasteiger charge is 2.35. The Morgan fingerprint density at radius 2 is 1.70 bits per heavy atom. The number of rotatable bonds is 6. The fourth-order valence-corrected chi connectivity index (χ4v) is 3.47. The van der Waals surface area contributed by atoms with Crippen LogP contribution in [0.5, 0.6) is 0 Å². The topological polar surface area (TPSA) is 87.7 Å². The number of amides is 4. The van der Waals surface area contributed by atoms with Crippen LogP contribution in [0.2, 0.25) is 0 Å². The zero-order chi connectivity index (χ0) is 21.9. The van der Waals surface area contributed by atoms with Gasteiger partial charge < -0.3 is 15.4 Å². The first-order valence-electron chi connectivity index (χ1n) is 9.89. The summed E-state index contributed by atoms with van der Waals surface area (Å²) in [6.07, 6.45) is 0.572. The van der Waals surface area contributed by atoms with Crippen molar-refractivity contribution in [3.63, 3.8) is 0 Å². The number of para-hydroxylation sites is 1. The fourth-order valence-electron chi connectivity index (χ4n) is 3.47. The van der Waals surface area contributed by atoms with Crippen LogP contribution < -0.4 is 10.6 Å². The first kappa shape index (κ1) is 21.5. The van der Waals surface area contributed by atoms with Crippen molar-refractivity contribution in [2.45, 2.75) is 32.6 Å². The van der Waals surface area contributed by atoms with Gasteiger partial charge in [0.25, 0.3) is 11.8 Å². The summed E-state index contributed by atoms with van der Waals surface area (Å²) >= 11 is 0. The number of carbonyl (C=O) groups is 3. The molecule has 0 atom stereocenters. The average molecular weight is 409 g/mol. The number of ether oxygens (including phenoxy) is 1. The van der Waals surface area contributed by atoms with E-state index < -0.39 is 6.03 Å². The molecule has 2 aromatic rings. The van der Waals surface area contributed by atoms with Crippen LogP contribution in [0.3, 0.4) is 0 Å². The Hall–Kier alpha value is -3.19. The molecule has 0 radical (unpaired) electrons. The lowest BCUT2D eigenvalue weighted by Crippen LogP contribution is -2.31. The predicted octanol–water partition coefficient (Wildman–Crippen LogP) is 4.26. The van der Waals surface area contributed by atoms with Gasteiger partial charge in [0, 0.05) is 31.6 Å². The molecule has 0 aliphatic carbocycles. The summed E-state index contributed by atoms with van der Waals surface area (Å²) in [7, 11) is 1.57. The minimum absolute atomic E-state index is 0.128. The Kier molecular flexibility index (Phi) is 6.22. The molecular weight excluding hydrogens is 382 g/mol. The van der Waals surface area contributed by atoms with E-state index in [4.69, 9.17) is 4.74 Å². The van der Waals surface area contributed by atoms with E-state index in [0.29, 0.717) is 36.4 Å². The van der Waals surface area contributed by atoms with E-state index in [1.54, 1.807) is 25.3 Å². The number of urea groups is 1. The highest BCUT2D eigenvalue weighted by Crippen LogP contribution is 2.30. The zero-order valence-corrected chi connectivity index (χ0v) is 17.7. The molecule has 0 bridgehead atoms. The maximum Gasteiger partial charge on any atom is 0.323 e. The van der Waals surface area contributed by atoms with Crippen LogP contribution in [0, 0.1) is 0 Å². The van der Waals surface area contributed by atoms with Gasteiger partial charge in [-0.15, -0.1) is 0 Å². The smallest absolute Gasteiger partial charge is 0.323 e. The van der Waals surface area contributed by atoms with Crippen LogP contribution >= 0.6 is 0 Å². The minimum Gasteiger partial charge on any atom is -0.385 e. The van der Waals surface area contributed by atoms with Crippen LogP contribution in [-0.4, -0.2) is 43.0 Å². The number of hydrogen-bond acceptors (Lipinski definition) is 4. The summed E-state index contributed by atoms with van der Waals surface area (Å²) in [5.41, 5.74) is 2.70. The molecular formula is C23H27N3O4. The maximum atomic E-state index is 12.6. The number of benzene rings is 2. The Morgan fingerprint density at radius 3 is 2.40 bits per heavy atom. The summed E-state index contributed by atoms with van der Waals surface area (Å²) in [4.78, 5) is 38.9. The second-order valence-electron chi connectivity index (χ2n) is 8.24. The lowest BCUT2D eigenvalue weighted by Gasteiger charge is -2.23. The number of anilines is 2. The van der Waals surface area contributed by atoms with E-state index in [2.05, 4.69) is 31.4 Å². The van der Waals surface area contributed by atoms with E-state index in [1.807, 2.05) is 24.3 Å². The Bertz CT molecular complexity index is 979. The van der Waals surface area contributed by atoms with Gasteiger partial charge in [-0.2, -0.15) is 0 Å². The number of nitrogens with one attached hydrogen (secondary N) is 2. The van der Waals surface area contributed by atoms with E-state index in [9.17, 15) is 14.4 Å². The molecule has 1 aliphatic rings. The normalized spacial score (nSPS) is 13.4. The largest absolute Gasteiger partial charge is 0.385 e. The summed E-state index contributed by atoms with van der Waals surface area (Å²) in [5.74, 6) is -0.672. The Balaban J connectivity index is 1.73. The third-order valence-electron chi connectivity index (χ3n) is 4.94. The van der Waals surface area contributed by atoms with Gasteiger partial charge >= 0.3 is 6.03 Å². The highest BCUT2D eigenvalue weighted by molar-refractivity contribution is 6.22. The van der Waals surface area contributed by atoms with Crippen LogP contribution in [0.25, 0.3) is 0 Å². The van der Waals surface area contributed by atoms with E-state index >= 15 is 0 Å². The molecule has 0 aromatic heterocycles. The van der Waals surface area contributed by atoms with E-state index in [1.165, 1.54) is 4.90 Å².